The van der Waals surface area contributed by atoms with Crippen LogP contribution in [0.3, 0.4) is 0 Å². The molecular formula is C16H11ClN2O6. The van der Waals surface area contributed by atoms with Gasteiger partial charge in [0, 0.05) is 17.7 Å². The maximum absolute atomic E-state index is 11.8. The van der Waals surface area contributed by atoms with E-state index in [1.807, 2.05) is 0 Å². The fraction of sp³-hybridized carbons (Fsp3) is 0.0625. The molecule has 0 fully saturated rings. The molecule has 0 saturated heterocycles. The molecule has 2 aromatic rings. The molecule has 0 aliphatic rings. The normalized spacial score (nSPS) is 9.96. The molecule has 128 valence electrons. The van der Waals surface area contributed by atoms with Gasteiger partial charge < -0.3 is 10.1 Å². The molecular weight excluding hydrogens is 352 g/mol. The number of aldehydes is 1. The predicted molar refractivity (Wildman–Crippen MR) is 88.8 cm³/mol. The van der Waals surface area contributed by atoms with Crippen molar-refractivity contribution < 1.29 is 24.0 Å². The molecule has 0 aromatic heterocycles. The van der Waals surface area contributed by atoms with E-state index in [-0.39, 0.29) is 22.0 Å². The van der Waals surface area contributed by atoms with Crippen LogP contribution in [0.2, 0.25) is 5.02 Å². The molecule has 0 heterocycles. The Kier molecular flexibility index (Phi) is 5.80. The van der Waals surface area contributed by atoms with Crippen LogP contribution in [0.15, 0.2) is 42.5 Å². The van der Waals surface area contributed by atoms with Gasteiger partial charge in [0.1, 0.15) is 6.29 Å². The van der Waals surface area contributed by atoms with Gasteiger partial charge in [0.15, 0.2) is 6.61 Å². The quantitative estimate of drug-likeness (QED) is 0.365. The molecule has 2 rings (SSSR count). The van der Waals surface area contributed by atoms with Crippen molar-refractivity contribution in [2.45, 2.75) is 0 Å². The Morgan fingerprint density at radius 2 is 1.88 bits per heavy atom. The minimum Gasteiger partial charge on any atom is -0.452 e. The average Bonchev–Trinajstić information content (AvgIpc) is 2.61. The third-order valence-corrected chi connectivity index (χ3v) is 3.37. The second kappa shape index (κ2) is 8.02. The van der Waals surface area contributed by atoms with Crippen molar-refractivity contribution >= 4 is 41.1 Å². The first kappa shape index (κ1) is 18.1. The number of ether oxygens (including phenoxy) is 1. The van der Waals surface area contributed by atoms with E-state index < -0.39 is 23.4 Å². The van der Waals surface area contributed by atoms with Gasteiger partial charge >= 0.3 is 5.97 Å². The first-order valence-corrected chi connectivity index (χ1v) is 7.24. The summed E-state index contributed by atoms with van der Waals surface area (Å²) in [6.45, 7) is -0.568. The summed E-state index contributed by atoms with van der Waals surface area (Å²) < 4.78 is 4.85. The lowest BCUT2D eigenvalue weighted by atomic mass is 10.1. The Labute approximate surface area is 146 Å². The van der Waals surface area contributed by atoms with Crippen LogP contribution in [0.1, 0.15) is 20.7 Å². The molecule has 1 amide bonds. The Hall–Kier alpha value is -3.26. The molecule has 0 saturated carbocycles. The Bertz CT molecular complexity index is 835. The number of nitrogens with zero attached hydrogens (tertiary/aromatic N) is 1. The van der Waals surface area contributed by atoms with E-state index >= 15 is 0 Å². The van der Waals surface area contributed by atoms with Crippen LogP contribution in [0.5, 0.6) is 0 Å². The molecule has 0 unspecified atom stereocenters. The summed E-state index contributed by atoms with van der Waals surface area (Å²) in [6.07, 6.45) is 0.635. The van der Waals surface area contributed by atoms with E-state index in [0.29, 0.717) is 11.8 Å². The van der Waals surface area contributed by atoms with E-state index in [0.717, 1.165) is 6.07 Å². The number of rotatable bonds is 6. The fourth-order valence-corrected chi connectivity index (χ4v) is 2.04. The van der Waals surface area contributed by atoms with Crippen LogP contribution >= 0.6 is 11.6 Å². The highest BCUT2D eigenvalue weighted by Crippen LogP contribution is 2.26. The second-order valence-electron chi connectivity index (χ2n) is 4.79. The van der Waals surface area contributed by atoms with Gasteiger partial charge in [-0.15, -0.1) is 0 Å². The zero-order valence-electron chi connectivity index (χ0n) is 12.6. The highest BCUT2D eigenvalue weighted by atomic mass is 35.5. The summed E-state index contributed by atoms with van der Waals surface area (Å²) >= 11 is 5.85. The smallest absolute Gasteiger partial charge is 0.338 e. The lowest BCUT2D eigenvalue weighted by Gasteiger charge is -2.08. The van der Waals surface area contributed by atoms with Gasteiger partial charge in [0.2, 0.25) is 0 Å². The molecule has 9 heteroatoms. The number of hydrogen-bond donors (Lipinski definition) is 1. The highest BCUT2D eigenvalue weighted by Gasteiger charge is 2.14. The molecule has 25 heavy (non-hydrogen) atoms. The number of nitro benzene ring substituents is 1. The van der Waals surface area contributed by atoms with E-state index in [9.17, 15) is 24.5 Å². The number of halogens is 1. The zero-order chi connectivity index (χ0) is 18.4. The monoisotopic (exact) mass is 362 g/mol. The lowest BCUT2D eigenvalue weighted by molar-refractivity contribution is -0.384. The summed E-state index contributed by atoms with van der Waals surface area (Å²) in [4.78, 5) is 44.1. The van der Waals surface area contributed by atoms with Crippen molar-refractivity contribution in [1.29, 1.82) is 0 Å². The van der Waals surface area contributed by atoms with Crippen LogP contribution in [0, 0.1) is 10.1 Å². The Morgan fingerprint density at radius 3 is 2.44 bits per heavy atom. The molecule has 0 aliphatic heterocycles. The second-order valence-corrected chi connectivity index (χ2v) is 5.19. The van der Waals surface area contributed by atoms with Crippen molar-refractivity contribution in [1.82, 2.24) is 0 Å². The lowest BCUT2D eigenvalue weighted by Crippen LogP contribution is -2.21. The van der Waals surface area contributed by atoms with Crippen LogP contribution in [0.25, 0.3) is 0 Å². The molecule has 0 radical (unpaired) electrons. The summed E-state index contributed by atoms with van der Waals surface area (Å²) in [6, 6.07) is 9.24. The number of benzene rings is 2. The minimum absolute atomic E-state index is 0.0154. The van der Waals surface area contributed by atoms with Crippen LogP contribution in [-0.4, -0.2) is 29.7 Å². The zero-order valence-corrected chi connectivity index (χ0v) is 13.4. The number of hydrogen-bond acceptors (Lipinski definition) is 6. The third kappa shape index (κ3) is 4.85. The molecule has 0 atom stereocenters. The molecule has 2 aromatic carbocycles. The number of nitrogens with one attached hydrogen (secondary N) is 1. The summed E-state index contributed by atoms with van der Waals surface area (Å²) in [5, 5.41) is 13.0. The largest absolute Gasteiger partial charge is 0.452 e. The van der Waals surface area contributed by atoms with Gasteiger partial charge in [-0.3, -0.25) is 19.7 Å². The topological polar surface area (TPSA) is 116 Å². The van der Waals surface area contributed by atoms with Gasteiger partial charge in [-0.25, -0.2) is 4.79 Å². The molecule has 0 spiro atoms. The van der Waals surface area contributed by atoms with Crippen LogP contribution < -0.4 is 5.32 Å². The number of nitro groups is 1. The number of esters is 1. The van der Waals surface area contributed by atoms with E-state index in [1.165, 1.54) is 36.4 Å². The predicted octanol–water partition coefficient (Wildman–Crippen LogP) is 2.86. The fourth-order valence-electron chi connectivity index (χ4n) is 1.82. The van der Waals surface area contributed by atoms with Crippen molar-refractivity contribution in [3.05, 3.63) is 68.7 Å². The molecule has 8 nitrogen and oxygen atoms in total. The van der Waals surface area contributed by atoms with Crippen molar-refractivity contribution in [2.24, 2.45) is 0 Å². The maximum atomic E-state index is 11.8. The standard InChI is InChI=1S/C16H11ClN2O6/c17-13-7-12(19(23)24)5-6-14(13)18-15(21)9-25-16(22)11-3-1-10(8-20)2-4-11/h1-8H,9H2,(H,18,21). The summed E-state index contributed by atoms with van der Waals surface area (Å²) in [7, 11) is 0. The Balaban J connectivity index is 1.92. The maximum Gasteiger partial charge on any atom is 0.338 e. The van der Waals surface area contributed by atoms with Gasteiger partial charge in [-0.05, 0) is 18.2 Å². The van der Waals surface area contributed by atoms with E-state index in [2.05, 4.69) is 5.32 Å². The molecule has 1 N–H and O–H groups in total. The number of amides is 1. The van der Waals surface area contributed by atoms with Crippen LogP contribution in [-0.2, 0) is 9.53 Å². The number of anilines is 1. The first-order valence-electron chi connectivity index (χ1n) is 6.87. The first-order chi connectivity index (χ1) is 11.9. The average molecular weight is 363 g/mol. The van der Waals surface area contributed by atoms with E-state index in [4.69, 9.17) is 16.3 Å². The summed E-state index contributed by atoms with van der Waals surface area (Å²) in [5.74, 6) is -1.39. The SMILES string of the molecule is O=Cc1ccc(C(=O)OCC(=O)Nc2ccc([N+](=O)[O-])cc2Cl)cc1. The summed E-state index contributed by atoms with van der Waals surface area (Å²) in [5.41, 5.74) is 0.533. The minimum atomic E-state index is -0.734. The van der Waals surface area contributed by atoms with Crippen molar-refractivity contribution in [2.75, 3.05) is 11.9 Å². The van der Waals surface area contributed by atoms with Crippen LogP contribution in [0.4, 0.5) is 11.4 Å². The third-order valence-electron chi connectivity index (χ3n) is 3.05. The highest BCUT2D eigenvalue weighted by molar-refractivity contribution is 6.34. The number of non-ortho nitro benzene ring substituents is 1. The van der Waals surface area contributed by atoms with E-state index in [1.54, 1.807) is 0 Å². The van der Waals surface area contributed by atoms with Gasteiger partial charge in [-0.1, -0.05) is 23.7 Å². The van der Waals surface area contributed by atoms with Gasteiger partial charge in [0.25, 0.3) is 11.6 Å². The molecule has 0 aliphatic carbocycles. The van der Waals surface area contributed by atoms with Crippen molar-refractivity contribution in [3.63, 3.8) is 0 Å². The van der Waals surface area contributed by atoms with Crippen molar-refractivity contribution in [3.8, 4) is 0 Å². The molecule has 0 bridgehead atoms. The number of carbonyl (C=O) groups is 3. The van der Waals surface area contributed by atoms with Gasteiger partial charge in [-0.2, -0.15) is 0 Å². The van der Waals surface area contributed by atoms with Gasteiger partial charge in [0.05, 0.1) is 21.2 Å². The number of carbonyl (C=O) groups excluding carboxylic acids is 3. The Morgan fingerprint density at radius 1 is 1.20 bits per heavy atom.